The fourth-order valence-corrected chi connectivity index (χ4v) is 7.84. The summed E-state index contributed by atoms with van der Waals surface area (Å²) in [6.07, 6.45) is -3.64. The molecule has 2 atom stereocenters. The molecular formula is C33H41F3N3O4PS. The number of nitrogens with zero attached hydrogens (tertiary/aromatic N) is 1. The highest BCUT2D eigenvalue weighted by Crippen LogP contribution is 2.40. The molecule has 45 heavy (non-hydrogen) atoms. The van der Waals surface area contributed by atoms with Gasteiger partial charge in [0, 0.05) is 36.3 Å². The first-order valence-corrected chi connectivity index (χ1v) is 18.7. The number of hydrogen-bond donors (Lipinski definition) is 2. The van der Waals surface area contributed by atoms with Crippen molar-refractivity contribution in [3.05, 3.63) is 46.8 Å². The number of hydrogen-bond acceptors (Lipinski definition) is 8. The second kappa shape index (κ2) is 14.8. The second-order valence-corrected chi connectivity index (χ2v) is 16.3. The first kappa shape index (κ1) is 33.6. The van der Waals surface area contributed by atoms with Crippen LogP contribution in [0.3, 0.4) is 0 Å². The zero-order valence-corrected chi connectivity index (χ0v) is 27.7. The molecule has 2 aliphatic heterocycles. The standard InChI is InChI=1S/C33H41F3N3O4PS/c1-39-12-9-29-23(22-39)10-13-41-14-15-42-16-17-43-25-18-24(19-26(20-25)44(2,3)40)37-11-5-8-31-28(21-33(34,35)36)27-6-4-7-30(38-29)32(27)45-31/h4,6-7,18-20,23,29,37-38H,9-17,21-22H2,1-3H3/t23-,29-/m0/s1. The van der Waals surface area contributed by atoms with Crippen LogP contribution in [0.25, 0.3) is 10.1 Å². The Labute approximate surface area is 267 Å². The number of likely N-dealkylation sites (tertiary alicyclic amines) is 1. The lowest BCUT2D eigenvalue weighted by Gasteiger charge is -2.38. The zero-order valence-electron chi connectivity index (χ0n) is 26.0. The Morgan fingerprint density at radius 1 is 1.07 bits per heavy atom. The van der Waals surface area contributed by atoms with Crippen LogP contribution in [0.4, 0.5) is 24.5 Å². The molecule has 0 unspecified atom stereocenters. The average Bonchev–Trinajstić information content (AvgIpc) is 3.31. The number of alkyl halides is 3. The van der Waals surface area contributed by atoms with E-state index in [0.717, 1.165) is 36.3 Å². The fourth-order valence-electron chi connectivity index (χ4n) is 5.78. The lowest BCUT2D eigenvalue weighted by atomic mass is 9.89. The van der Waals surface area contributed by atoms with Gasteiger partial charge >= 0.3 is 6.18 Å². The molecule has 244 valence electrons. The molecule has 0 amide bonds. The Bertz CT molecular complexity index is 1580. The van der Waals surface area contributed by atoms with Gasteiger partial charge < -0.3 is 34.3 Å². The molecule has 0 spiro atoms. The summed E-state index contributed by atoms with van der Waals surface area (Å²) in [4.78, 5) is 2.72. The summed E-state index contributed by atoms with van der Waals surface area (Å²) in [5.74, 6) is 6.92. The van der Waals surface area contributed by atoms with E-state index in [4.69, 9.17) is 14.2 Å². The minimum absolute atomic E-state index is 0.165. The molecule has 0 saturated carbocycles. The van der Waals surface area contributed by atoms with E-state index in [-0.39, 0.29) is 18.2 Å². The predicted molar refractivity (Wildman–Crippen MR) is 177 cm³/mol. The van der Waals surface area contributed by atoms with Gasteiger partial charge in [-0.25, -0.2) is 0 Å². The number of rotatable bonds is 2. The maximum absolute atomic E-state index is 13.8. The van der Waals surface area contributed by atoms with Crippen LogP contribution >= 0.6 is 18.5 Å². The molecule has 3 heterocycles. The summed E-state index contributed by atoms with van der Waals surface area (Å²) < 4.78 is 72.5. The van der Waals surface area contributed by atoms with Gasteiger partial charge in [-0.05, 0) is 74.8 Å². The topological polar surface area (TPSA) is 72.1 Å². The van der Waals surface area contributed by atoms with Crippen molar-refractivity contribution in [3.8, 4) is 17.6 Å². The summed E-state index contributed by atoms with van der Waals surface area (Å²) in [6.45, 7) is 7.62. The Kier molecular flexibility index (Phi) is 11.0. The van der Waals surface area contributed by atoms with Crippen molar-refractivity contribution in [1.29, 1.82) is 0 Å². The summed E-state index contributed by atoms with van der Waals surface area (Å²) in [5.41, 5.74) is 1.71. The van der Waals surface area contributed by atoms with E-state index in [2.05, 4.69) is 34.4 Å². The predicted octanol–water partition coefficient (Wildman–Crippen LogP) is 6.27. The molecule has 1 saturated heterocycles. The maximum Gasteiger partial charge on any atom is 0.393 e. The van der Waals surface area contributed by atoms with Crippen molar-refractivity contribution in [2.75, 3.05) is 83.7 Å². The minimum Gasteiger partial charge on any atom is -0.491 e. The van der Waals surface area contributed by atoms with Gasteiger partial charge in [-0.2, -0.15) is 13.2 Å². The third kappa shape index (κ3) is 9.40. The Morgan fingerprint density at radius 2 is 1.84 bits per heavy atom. The molecule has 1 fully saturated rings. The summed E-state index contributed by atoms with van der Waals surface area (Å²) in [5, 5.41) is 8.15. The van der Waals surface area contributed by atoms with Crippen molar-refractivity contribution in [2.24, 2.45) is 5.92 Å². The molecule has 0 radical (unpaired) electrons. The first-order valence-electron chi connectivity index (χ1n) is 15.2. The molecule has 1 aromatic heterocycles. The number of thiophene rings is 1. The molecule has 5 rings (SSSR count). The number of halogens is 3. The zero-order chi connectivity index (χ0) is 32.0. The van der Waals surface area contributed by atoms with Crippen molar-refractivity contribution in [2.45, 2.75) is 31.5 Å². The van der Waals surface area contributed by atoms with Crippen molar-refractivity contribution < 1.29 is 31.9 Å². The Hall–Kier alpha value is -2.74. The lowest BCUT2D eigenvalue weighted by Crippen LogP contribution is -2.45. The van der Waals surface area contributed by atoms with E-state index in [1.54, 1.807) is 37.6 Å². The Balaban J connectivity index is 1.48. The Morgan fingerprint density at radius 3 is 2.62 bits per heavy atom. The van der Waals surface area contributed by atoms with Gasteiger partial charge in [0.1, 0.15) is 19.5 Å². The number of fused-ring (bicyclic) bond motifs is 4. The number of anilines is 2. The minimum atomic E-state index is -4.37. The third-order valence-electron chi connectivity index (χ3n) is 8.07. The van der Waals surface area contributed by atoms with Gasteiger partial charge in [0.05, 0.1) is 48.1 Å². The van der Waals surface area contributed by atoms with Crippen LogP contribution < -0.4 is 20.7 Å². The van der Waals surface area contributed by atoms with E-state index < -0.39 is 19.7 Å². The third-order valence-corrected chi connectivity index (χ3v) is 10.8. The van der Waals surface area contributed by atoms with Gasteiger partial charge in [-0.15, -0.1) is 11.3 Å². The van der Waals surface area contributed by atoms with Crippen molar-refractivity contribution in [1.82, 2.24) is 4.90 Å². The van der Waals surface area contributed by atoms with E-state index in [1.165, 1.54) is 11.3 Å². The summed E-state index contributed by atoms with van der Waals surface area (Å²) in [6, 6.07) is 11.1. The molecule has 2 N–H and O–H groups in total. The number of piperidine rings is 1. The van der Waals surface area contributed by atoms with E-state index in [1.807, 2.05) is 12.1 Å². The molecule has 2 aliphatic rings. The van der Waals surface area contributed by atoms with Crippen LogP contribution in [-0.2, 0) is 20.5 Å². The number of nitrogens with one attached hydrogen (secondary N) is 2. The highest BCUT2D eigenvalue weighted by atomic mass is 32.1. The molecule has 2 aromatic carbocycles. The second-order valence-electron chi connectivity index (χ2n) is 12.0. The van der Waals surface area contributed by atoms with Gasteiger partial charge in [0.25, 0.3) is 0 Å². The highest BCUT2D eigenvalue weighted by Gasteiger charge is 2.32. The summed E-state index contributed by atoms with van der Waals surface area (Å²) >= 11 is 1.30. The van der Waals surface area contributed by atoms with Crippen molar-refractivity contribution >= 4 is 45.2 Å². The van der Waals surface area contributed by atoms with Gasteiger partial charge in [0.15, 0.2) is 0 Å². The van der Waals surface area contributed by atoms with E-state index >= 15 is 0 Å². The molecule has 3 aromatic rings. The number of ether oxygens (including phenoxy) is 3. The van der Waals surface area contributed by atoms with Crippen LogP contribution in [0.5, 0.6) is 5.75 Å². The number of benzene rings is 2. The van der Waals surface area contributed by atoms with Crippen LogP contribution in [-0.4, -0.2) is 90.2 Å². The molecule has 0 aliphatic carbocycles. The molecule has 4 bridgehead atoms. The van der Waals surface area contributed by atoms with Crippen LogP contribution in [0, 0.1) is 17.8 Å². The largest absolute Gasteiger partial charge is 0.491 e. The van der Waals surface area contributed by atoms with E-state index in [9.17, 15) is 17.7 Å². The fraction of sp³-hybridized carbons (Fsp3) is 0.515. The molecule has 7 nitrogen and oxygen atoms in total. The normalized spacial score (nSPS) is 21.1. The van der Waals surface area contributed by atoms with Crippen LogP contribution in [0.15, 0.2) is 36.4 Å². The monoisotopic (exact) mass is 663 g/mol. The van der Waals surface area contributed by atoms with Crippen LogP contribution in [0.1, 0.15) is 23.3 Å². The van der Waals surface area contributed by atoms with Gasteiger partial charge in [-0.3, -0.25) is 0 Å². The average molecular weight is 664 g/mol. The maximum atomic E-state index is 13.8. The van der Waals surface area contributed by atoms with E-state index in [0.29, 0.717) is 66.0 Å². The van der Waals surface area contributed by atoms with Crippen molar-refractivity contribution in [3.63, 3.8) is 0 Å². The highest BCUT2D eigenvalue weighted by molar-refractivity contribution is 7.70. The SMILES string of the molecule is CN1CC[C@@H]2Nc3cccc4c(CC(F)(F)F)c(sc34)C#CCNc3cc(cc(P(C)(C)=O)c3)OCCOCCOCC[C@H]2C1. The van der Waals surface area contributed by atoms with Gasteiger partial charge in [-0.1, -0.05) is 24.0 Å². The van der Waals surface area contributed by atoms with Gasteiger partial charge in [0.2, 0.25) is 0 Å². The first-order chi connectivity index (χ1) is 21.5. The molecular weight excluding hydrogens is 622 g/mol. The summed E-state index contributed by atoms with van der Waals surface area (Å²) in [7, 11) is -0.485. The molecule has 12 heteroatoms. The lowest BCUT2D eigenvalue weighted by molar-refractivity contribution is -0.126. The smallest absolute Gasteiger partial charge is 0.393 e. The quantitative estimate of drug-likeness (QED) is 0.248. The van der Waals surface area contributed by atoms with Crippen LogP contribution in [0.2, 0.25) is 0 Å².